The van der Waals surface area contributed by atoms with Crippen LogP contribution in [-0.4, -0.2) is 24.5 Å². The Bertz CT molecular complexity index is 222. The molecule has 0 heterocycles. The summed E-state index contributed by atoms with van der Waals surface area (Å²) in [5.74, 6) is 0.898. The predicted molar refractivity (Wildman–Crippen MR) is 71.9 cm³/mol. The van der Waals surface area contributed by atoms with E-state index < -0.39 is 0 Å². The van der Waals surface area contributed by atoms with E-state index in [0.717, 1.165) is 12.3 Å². The van der Waals surface area contributed by atoms with E-state index in [0.29, 0.717) is 12.6 Å². The molecular weight excluding hydrogens is 212 g/mol. The van der Waals surface area contributed by atoms with Crippen molar-refractivity contribution in [1.82, 2.24) is 10.6 Å². The Labute approximate surface area is 106 Å². The first-order chi connectivity index (χ1) is 8.13. The van der Waals surface area contributed by atoms with Crippen LogP contribution in [-0.2, 0) is 4.79 Å². The standard InChI is InChI=1S/C14H28N2O/c1-4-13(12-8-6-5-7-9-12)15-10-14(17)16-11(2)3/h11-13,15H,4-10H2,1-3H3,(H,16,17). The molecular formula is C14H28N2O. The molecule has 0 aromatic rings. The maximum Gasteiger partial charge on any atom is 0.234 e. The van der Waals surface area contributed by atoms with Crippen LogP contribution < -0.4 is 10.6 Å². The lowest BCUT2D eigenvalue weighted by Crippen LogP contribution is -2.44. The number of hydrogen-bond acceptors (Lipinski definition) is 2. The Morgan fingerprint density at radius 2 is 1.88 bits per heavy atom. The van der Waals surface area contributed by atoms with Crippen molar-refractivity contribution >= 4 is 5.91 Å². The van der Waals surface area contributed by atoms with Crippen molar-refractivity contribution in [3.63, 3.8) is 0 Å². The summed E-state index contributed by atoms with van der Waals surface area (Å²) in [6.45, 7) is 6.67. The smallest absolute Gasteiger partial charge is 0.234 e. The number of carbonyl (C=O) groups is 1. The average Bonchev–Trinajstić information content (AvgIpc) is 2.30. The molecule has 1 unspecified atom stereocenters. The molecule has 1 aliphatic rings. The molecule has 1 rings (SSSR count). The summed E-state index contributed by atoms with van der Waals surface area (Å²) in [5, 5.41) is 6.36. The van der Waals surface area contributed by atoms with E-state index in [1.54, 1.807) is 0 Å². The Balaban J connectivity index is 2.28. The van der Waals surface area contributed by atoms with Gasteiger partial charge in [-0.25, -0.2) is 0 Å². The van der Waals surface area contributed by atoms with E-state index in [1.807, 2.05) is 13.8 Å². The Kier molecular flexibility index (Phi) is 6.56. The number of nitrogens with one attached hydrogen (secondary N) is 2. The molecule has 1 saturated carbocycles. The monoisotopic (exact) mass is 240 g/mol. The highest BCUT2D eigenvalue weighted by Gasteiger charge is 2.22. The van der Waals surface area contributed by atoms with Gasteiger partial charge in [0.2, 0.25) is 5.91 Å². The summed E-state index contributed by atoms with van der Waals surface area (Å²) < 4.78 is 0. The van der Waals surface area contributed by atoms with Crippen LogP contribution in [0.15, 0.2) is 0 Å². The number of hydrogen-bond donors (Lipinski definition) is 2. The molecule has 1 amide bonds. The highest BCUT2D eigenvalue weighted by Crippen LogP contribution is 2.27. The summed E-state index contributed by atoms with van der Waals surface area (Å²) in [4.78, 5) is 11.6. The van der Waals surface area contributed by atoms with Gasteiger partial charge in [0.1, 0.15) is 0 Å². The molecule has 0 bridgehead atoms. The summed E-state index contributed by atoms with van der Waals surface area (Å²) >= 11 is 0. The van der Waals surface area contributed by atoms with Crippen molar-refractivity contribution in [3.8, 4) is 0 Å². The van der Waals surface area contributed by atoms with Gasteiger partial charge in [-0.1, -0.05) is 26.2 Å². The molecule has 0 saturated heterocycles. The summed E-state index contributed by atoms with van der Waals surface area (Å²) in [6.07, 6.45) is 7.90. The van der Waals surface area contributed by atoms with Gasteiger partial charge in [0.15, 0.2) is 0 Å². The number of carbonyl (C=O) groups excluding carboxylic acids is 1. The quantitative estimate of drug-likeness (QED) is 0.749. The van der Waals surface area contributed by atoms with Gasteiger partial charge in [-0.15, -0.1) is 0 Å². The molecule has 0 spiro atoms. The van der Waals surface area contributed by atoms with Crippen LogP contribution in [0.5, 0.6) is 0 Å². The third-order valence-corrected chi connectivity index (χ3v) is 3.63. The SMILES string of the molecule is CCC(NCC(=O)NC(C)C)C1CCCCC1. The van der Waals surface area contributed by atoms with Crippen LogP contribution in [0.4, 0.5) is 0 Å². The van der Waals surface area contributed by atoms with Crippen molar-refractivity contribution in [1.29, 1.82) is 0 Å². The topological polar surface area (TPSA) is 41.1 Å². The van der Waals surface area contributed by atoms with Crippen molar-refractivity contribution in [3.05, 3.63) is 0 Å². The second-order valence-corrected chi connectivity index (χ2v) is 5.52. The highest BCUT2D eigenvalue weighted by molar-refractivity contribution is 5.78. The zero-order valence-electron chi connectivity index (χ0n) is 11.6. The predicted octanol–water partition coefficient (Wildman–Crippen LogP) is 2.46. The van der Waals surface area contributed by atoms with E-state index in [2.05, 4.69) is 17.6 Å². The molecule has 1 fully saturated rings. The Morgan fingerprint density at radius 3 is 2.41 bits per heavy atom. The molecule has 1 atom stereocenters. The molecule has 3 nitrogen and oxygen atoms in total. The first-order valence-electron chi connectivity index (χ1n) is 7.16. The van der Waals surface area contributed by atoms with Crippen LogP contribution in [0.1, 0.15) is 59.3 Å². The van der Waals surface area contributed by atoms with Crippen molar-refractivity contribution in [2.75, 3.05) is 6.54 Å². The molecule has 0 aromatic heterocycles. The van der Waals surface area contributed by atoms with E-state index in [4.69, 9.17) is 0 Å². The van der Waals surface area contributed by atoms with Gasteiger partial charge in [0.25, 0.3) is 0 Å². The van der Waals surface area contributed by atoms with Crippen LogP contribution in [0.2, 0.25) is 0 Å². The van der Waals surface area contributed by atoms with Crippen molar-refractivity contribution in [2.45, 2.75) is 71.4 Å². The van der Waals surface area contributed by atoms with Gasteiger partial charge in [0, 0.05) is 12.1 Å². The molecule has 2 N–H and O–H groups in total. The molecule has 0 aliphatic heterocycles. The molecule has 3 heteroatoms. The first kappa shape index (κ1) is 14.5. The second-order valence-electron chi connectivity index (χ2n) is 5.52. The van der Waals surface area contributed by atoms with E-state index in [1.165, 1.54) is 32.1 Å². The summed E-state index contributed by atoms with van der Waals surface area (Å²) in [5.41, 5.74) is 0. The minimum Gasteiger partial charge on any atom is -0.353 e. The zero-order valence-corrected chi connectivity index (χ0v) is 11.6. The lowest BCUT2D eigenvalue weighted by atomic mass is 9.83. The lowest BCUT2D eigenvalue weighted by molar-refractivity contribution is -0.120. The van der Waals surface area contributed by atoms with E-state index >= 15 is 0 Å². The summed E-state index contributed by atoms with van der Waals surface area (Å²) in [7, 11) is 0. The van der Waals surface area contributed by atoms with Crippen LogP contribution in [0, 0.1) is 5.92 Å². The normalized spacial score (nSPS) is 19.3. The molecule has 17 heavy (non-hydrogen) atoms. The lowest BCUT2D eigenvalue weighted by Gasteiger charge is -2.30. The summed E-state index contributed by atoms with van der Waals surface area (Å²) in [6, 6.07) is 0.757. The second kappa shape index (κ2) is 7.70. The minimum absolute atomic E-state index is 0.120. The fraction of sp³-hybridized carbons (Fsp3) is 0.929. The highest BCUT2D eigenvalue weighted by atomic mass is 16.1. The van der Waals surface area contributed by atoms with E-state index in [-0.39, 0.29) is 11.9 Å². The first-order valence-corrected chi connectivity index (χ1v) is 7.16. The minimum atomic E-state index is 0.120. The molecule has 100 valence electrons. The van der Waals surface area contributed by atoms with Crippen LogP contribution >= 0.6 is 0 Å². The van der Waals surface area contributed by atoms with Gasteiger partial charge in [-0.05, 0) is 39.0 Å². The zero-order chi connectivity index (χ0) is 12.7. The maximum atomic E-state index is 11.6. The van der Waals surface area contributed by atoms with Crippen molar-refractivity contribution < 1.29 is 4.79 Å². The van der Waals surface area contributed by atoms with Crippen LogP contribution in [0.3, 0.4) is 0 Å². The molecule has 0 aromatic carbocycles. The van der Waals surface area contributed by atoms with Crippen LogP contribution in [0.25, 0.3) is 0 Å². The Hall–Kier alpha value is -0.570. The van der Waals surface area contributed by atoms with Gasteiger partial charge in [0.05, 0.1) is 6.54 Å². The molecule has 0 radical (unpaired) electrons. The Morgan fingerprint density at radius 1 is 1.24 bits per heavy atom. The third kappa shape index (κ3) is 5.53. The third-order valence-electron chi connectivity index (χ3n) is 3.63. The van der Waals surface area contributed by atoms with Gasteiger partial charge >= 0.3 is 0 Å². The van der Waals surface area contributed by atoms with Gasteiger partial charge in [-0.3, -0.25) is 4.79 Å². The van der Waals surface area contributed by atoms with Gasteiger partial charge < -0.3 is 10.6 Å². The number of amides is 1. The van der Waals surface area contributed by atoms with E-state index in [9.17, 15) is 4.79 Å². The average molecular weight is 240 g/mol. The largest absolute Gasteiger partial charge is 0.353 e. The fourth-order valence-corrected chi connectivity index (χ4v) is 2.78. The number of rotatable bonds is 6. The van der Waals surface area contributed by atoms with Crippen molar-refractivity contribution in [2.24, 2.45) is 5.92 Å². The molecule has 1 aliphatic carbocycles. The maximum absolute atomic E-state index is 11.6. The fourth-order valence-electron chi connectivity index (χ4n) is 2.78. The van der Waals surface area contributed by atoms with Gasteiger partial charge in [-0.2, -0.15) is 0 Å².